The highest BCUT2D eigenvalue weighted by atomic mass is 16.8. The zero-order valence-electron chi connectivity index (χ0n) is 61.6. The van der Waals surface area contributed by atoms with Gasteiger partial charge in [0, 0.05) is 19.8 Å². The molecule has 0 spiro atoms. The lowest BCUT2D eigenvalue weighted by molar-refractivity contribution is -0.386. The fourth-order valence-corrected chi connectivity index (χ4v) is 14.2. The number of carboxylic acids is 1. The molecule has 3 aliphatic heterocycles. The highest BCUT2D eigenvalue weighted by Crippen LogP contribution is 2.39. The third-order valence-electron chi connectivity index (χ3n) is 20.6. The maximum Gasteiger partial charge on any atom is 0.364 e. The van der Waals surface area contributed by atoms with E-state index in [1.807, 2.05) is 0 Å². The average Bonchev–Trinajstić information content (AvgIpc) is 0.757. The quantitative estimate of drug-likeness (QED) is 0.0252. The largest absolute Gasteiger partial charge is 0.477 e. The maximum absolute atomic E-state index is 13.5. The monoisotopic (exact) mass is 1420 g/mol. The topological polar surface area (TPSA) is 373 Å². The fourth-order valence-electron chi connectivity index (χ4n) is 14.2. The van der Waals surface area contributed by atoms with E-state index in [0.29, 0.717) is 19.3 Å². The summed E-state index contributed by atoms with van der Waals surface area (Å²) < 4.78 is 35.0. The first-order valence-corrected chi connectivity index (χ1v) is 39.9. The van der Waals surface area contributed by atoms with Gasteiger partial charge in [0.2, 0.25) is 11.8 Å². The van der Waals surface area contributed by atoms with Gasteiger partial charge in [-0.05, 0) is 12.8 Å². The number of aliphatic hydroxyl groups is 11. The van der Waals surface area contributed by atoms with Crippen molar-refractivity contribution >= 4 is 17.8 Å². The first kappa shape index (κ1) is 90.9. The molecule has 0 radical (unpaired) electrons. The molecular weight excluding hydrogens is 1280 g/mol. The maximum atomic E-state index is 13.5. The van der Waals surface area contributed by atoms with Crippen molar-refractivity contribution in [1.82, 2.24) is 10.6 Å². The number of hydrogen-bond acceptors (Lipinski definition) is 20. The van der Waals surface area contributed by atoms with E-state index in [1.165, 1.54) is 231 Å². The van der Waals surface area contributed by atoms with Crippen molar-refractivity contribution in [2.24, 2.45) is 0 Å². The van der Waals surface area contributed by atoms with Crippen molar-refractivity contribution in [3.05, 3.63) is 0 Å². The Morgan fingerprint density at radius 3 is 1.26 bits per heavy atom. The molecule has 0 aromatic heterocycles. The summed E-state index contributed by atoms with van der Waals surface area (Å²) in [4.78, 5) is 38.7. The normalized spacial score (nSPS) is 27.0. The third-order valence-corrected chi connectivity index (χ3v) is 20.6. The summed E-state index contributed by atoms with van der Waals surface area (Å²) in [5.41, 5.74) is 0. The number of nitrogens with one attached hydrogen (secondary N) is 2. The van der Waals surface area contributed by atoms with E-state index in [-0.39, 0.29) is 18.9 Å². The number of carbonyl (C=O) groups excluding carboxylic acids is 2. The van der Waals surface area contributed by atoms with Crippen LogP contribution in [0.15, 0.2) is 0 Å². The van der Waals surface area contributed by atoms with Crippen molar-refractivity contribution in [2.45, 2.75) is 439 Å². The van der Waals surface area contributed by atoms with Gasteiger partial charge in [0.1, 0.15) is 67.1 Å². The number of unbranched alkanes of at least 4 members (excludes halogenated alkanes) is 43. The Labute approximate surface area is 595 Å². The first-order chi connectivity index (χ1) is 47.9. The lowest BCUT2D eigenvalue weighted by Gasteiger charge is -2.50. The van der Waals surface area contributed by atoms with Gasteiger partial charge in [-0.15, -0.1) is 0 Å². The summed E-state index contributed by atoms with van der Waals surface area (Å²) in [7, 11) is 0. The predicted octanol–water partition coefficient (Wildman–Crippen LogP) is 10.0. The summed E-state index contributed by atoms with van der Waals surface area (Å²) in [6, 6.07) is -2.53. The van der Waals surface area contributed by atoms with Gasteiger partial charge >= 0.3 is 5.97 Å². The van der Waals surface area contributed by atoms with E-state index in [1.54, 1.807) is 0 Å². The molecule has 18 unspecified atom stereocenters. The number of amides is 2. The zero-order chi connectivity index (χ0) is 72.5. The minimum absolute atomic E-state index is 0.230. The van der Waals surface area contributed by atoms with Crippen LogP contribution in [0.4, 0.5) is 0 Å². The molecular formula is C76H144N2O21. The summed E-state index contributed by atoms with van der Waals surface area (Å²) in [6.07, 6.45) is 28.1. The molecule has 23 nitrogen and oxygen atoms in total. The van der Waals surface area contributed by atoms with Crippen molar-refractivity contribution in [3.8, 4) is 0 Å². The van der Waals surface area contributed by atoms with E-state index in [9.17, 15) is 75.7 Å². The number of rotatable bonds is 63. The Morgan fingerprint density at radius 1 is 0.485 bits per heavy atom. The smallest absolute Gasteiger partial charge is 0.364 e. The molecule has 0 bridgehead atoms. The molecule has 99 heavy (non-hydrogen) atoms. The van der Waals surface area contributed by atoms with Crippen molar-refractivity contribution in [2.75, 3.05) is 26.4 Å². The second kappa shape index (κ2) is 56.1. The fraction of sp³-hybridized carbons (Fsp3) is 0.961. The van der Waals surface area contributed by atoms with Crippen molar-refractivity contribution in [3.63, 3.8) is 0 Å². The van der Waals surface area contributed by atoms with Crippen LogP contribution in [0, 0.1) is 0 Å². The predicted molar refractivity (Wildman–Crippen MR) is 380 cm³/mol. The molecule has 584 valence electrons. The molecule has 18 atom stereocenters. The van der Waals surface area contributed by atoms with Crippen LogP contribution < -0.4 is 10.6 Å². The second-order valence-electron chi connectivity index (χ2n) is 29.3. The van der Waals surface area contributed by atoms with Gasteiger partial charge in [-0.25, -0.2) is 4.79 Å². The Balaban J connectivity index is 1.52. The highest BCUT2D eigenvalue weighted by Gasteiger charge is 2.60. The lowest BCUT2D eigenvalue weighted by Crippen LogP contribution is -2.70. The molecule has 3 saturated heterocycles. The van der Waals surface area contributed by atoms with E-state index < -0.39 is 148 Å². The number of aliphatic carboxylic acids is 1. The molecule has 0 saturated carbocycles. The van der Waals surface area contributed by atoms with Crippen molar-refractivity contribution < 1.29 is 104 Å². The average molecular weight is 1420 g/mol. The minimum atomic E-state index is -3.08. The van der Waals surface area contributed by atoms with Crippen LogP contribution >= 0.6 is 0 Å². The molecule has 0 aromatic carbocycles. The van der Waals surface area contributed by atoms with Crippen LogP contribution in [0.25, 0.3) is 0 Å². The summed E-state index contributed by atoms with van der Waals surface area (Å²) in [6.45, 7) is 2.27. The summed E-state index contributed by atoms with van der Waals surface area (Å²) in [5, 5.41) is 137. The van der Waals surface area contributed by atoms with E-state index in [4.69, 9.17) is 28.4 Å². The Kier molecular flexibility index (Phi) is 51.5. The second-order valence-corrected chi connectivity index (χ2v) is 29.3. The van der Waals surface area contributed by atoms with Gasteiger partial charge in [0.05, 0.1) is 50.7 Å². The van der Waals surface area contributed by atoms with Crippen LogP contribution in [-0.2, 0) is 42.8 Å². The SMILES string of the molecule is CCCCCCCCCCCCCCCCCCCCCCCCCCCC(O)C(COC1OC(CO)C(OC2OC(CO)C(O)C(OC3(C(=O)O)CC(O)C(NC(C)=O)C(C(O)C(O)CO)O3)C2O)C(O)C1O)NC(=O)CCCCCCCCCCCCCCCCCCCCCC. The zero-order valence-corrected chi connectivity index (χ0v) is 61.6. The van der Waals surface area contributed by atoms with E-state index in [0.717, 1.165) is 51.9 Å². The van der Waals surface area contributed by atoms with Crippen molar-refractivity contribution in [1.29, 1.82) is 0 Å². The molecule has 23 heteroatoms. The van der Waals surface area contributed by atoms with E-state index >= 15 is 0 Å². The molecule has 0 aromatic rings. The van der Waals surface area contributed by atoms with Gasteiger partial charge in [-0.3, -0.25) is 9.59 Å². The van der Waals surface area contributed by atoms with Gasteiger partial charge in [-0.2, -0.15) is 0 Å². The van der Waals surface area contributed by atoms with Gasteiger partial charge < -0.3 is 100 Å². The molecule has 2 amide bonds. The molecule has 0 aliphatic carbocycles. The van der Waals surface area contributed by atoms with Crippen LogP contribution in [-0.4, -0.2) is 215 Å². The van der Waals surface area contributed by atoms with Gasteiger partial charge in [0.15, 0.2) is 12.6 Å². The number of carboxylic acid groups (broad SMARTS) is 1. The third kappa shape index (κ3) is 37.0. The van der Waals surface area contributed by atoms with Crippen LogP contribution in [0.5, 0.6) is 0 Å². The molecule has 3 fully saturated rings. The first-order valence-electron chi connectivity index (χ1n) is 39.9. The van der Waals surface area contributed by atoms with Crippen LogP contribution in [0.2, 0.25) is 0 Å². The lowest BCUT2D eigenvalue weighted by atomic mass is 9.88. The van der Waals surface area contributed by atoms with Crippen LogP contribution in [0.1, 0.15) is 329 Å². The molecule has 3 rings (SSSR count). The summed E-state index contributed by atoms with van der Waals surface area (Å²) in [5.74, 6) is -6.09. The standard InChI is InChI=1S/C76H144N2O21/c1-4-6-8-10-12-14-16-18-20-22-24-26-27-28-29-30-31-33-35-37-39-41-43-45-47-49-58(83)57(78-63(86)50-48-46-44-42-40-38-36-34-32-25-23-21-19-17-15-13-11-9-7-5-2)55-94-73-68(90)67(89)70(62(54-81)96-73)97-74-69(91)72(66(88)61(53-80)95-74)99-76(75(92)93)51-59(84)64(77-56(3)82)71(98-76)65(87)60(85)52-79/h57-62,64-74,79-81,83-85,87-91H,4-55H2,1-3H3,(H,77,82)(H,78,86)(H,92,93). The molecule has 14 N–H and O–H groups in total. The number of ether oxygens (including phenoxy) is 6. The minimum Gasteiger partial charge on any atom is -0.477 e. The highest BCUT2D eigenvalue weighted by molar-refractivity contribution is 5.77. The number of aliphatic hydroxyl groups excluding tert-OH is 11. The van der Waals surface area contributed by atoms with E-state index in [2.05, 4.69) is 24.5 Å². The Hall–Kier alpha value is -2.27. The Bertz CT molecular complexity index is 1980. The Morgan fingerprint density at radius 2 is 0.879 bits per heavy atom. The van der Waals surface area contributed by atoms with Gasteiger partial charge in [0.25, 0.3) is 5.79 Å². The van der Waals surface area contributed by atoms with Crippen LogP contribution in [0.3, 0.4) is 0 Å². The molecule has 3 heterocycles. The molecule has 3 aliphatic rings. The number of carbonyl (C=O) groups is 3. The number of hydrogen-bond donors (Lipinski definition) is 14. The summed E-state index contributed by atoms with van der Waals surface area (Å²) >= 11 is 0. The van der Waals surface area contributed by atoms with Gasteiger partial charge in [-0.1, -0.05) is 296 Å².